The van der Waals surface area contributed by atoms with E-state index in [9.17, 15) is 14.4 Å². The summed E-state index contributed by atoms with van der Waals surface area (Å²) >= 11 is 0. The molecule has 17 heavy (non-hydrogen) atoms. The van der Waals surface area contributed by atoms with Crippen molar-refractivity contribution in [1.82, 2.24) is 10.4 Å². The number of carbonyl (C=O) groups excluding carboxylic acids is 3. The van der Waals surface area contributed by atoms with Gasteiger partial charge in [0.15, 0.2) is 0 Å². The number of nitrogens with one attached hydrogen (secondary N) is 1. The van der Waals surface area contributed by atoms with Gasteiger partial charge in [0.05, 0.1) is 11.1 Å². The fourth-order valence-electron chi connectivity index (χ4n) is 1.53. The van der Waals surface area contributed by atoms with Crippen molar-refractivity contribution < 1.29 is 14.4 Å². The Hall–Kier alpha value is -2.17. The van der Waals surface area contributed by atoms with Crippen LogP contribution < -0.4 is 5.43 Å². The maximum atomic E-state index is 11.9. The van der Waals surface area contributed by atoms with Gasteiger partial charge < -0.3 is 0 Å². The van der Waals surface area contributed by atoms with Crippen LogP contribution in [0, 0.1) is 5.92 Å². The highest BCUT2D eigenvalue weighted by Crippen LogP contribution is 2.20. The molecular formula is C12H12N2O3. The van der Waals surface area contributed by atoms with Gasteiger partial charge in [-0.25, -0.2) is 0 Å². The molecule has 3 amide bonds. The minimum atomic E-state index is -0.486. The molecule has 0 spiro atoms. The van der Waals surface area contributed by atoms with Crippen molar-refractivity contribution in [2.24, 2.45) is 5.92 Å². The molecule has 1 heterocycles. The van der Waals surface area contributed by atoms with Crippen LogP contribution in [0.3, 0.4) is 0 Å². The first-order chi connectivity index (χ1) is 8.02. The number of rotatable bonds is 2. The Morgan fingerprint density at radius 3 is 2.00 bits per heavy atom. The smallest absolute Gasteiger partial charge is 0.273 e. The average Bonchev–Trinajstić information content (AvgIpc) is 2.55. The van der Waals surface area contributed by atoms with E-state index in [1.807, 2.05) is 0 Å². The fourth-order valence-corrected chi connectivity index (χ4v) is 1.53. The first kappa shape index (κ1) is 11.3. The zero-order valence-corrected chi connectivity index (χ0v) is 9.56. The lowest BCUT2D eigenvalue weighted by molar-refractivity contribution is -0.127. The van der Waals surface area contributed by atoms with E-state index in [0.717, 1.165) is 5.01 Å². The molecule has 0 aliphatic carbocycles. The topological polar surface area (TPSA) is 66.5 Å². The van der Waals surface area contributed by atoms with Gasteiger partial charge in [-0.3, -0.25) is 19.8 Å². The molecule has 2 rings (SSSR count). The van der Waals surface area contributed by atoms with Crippen LogP contribution in [-0.2, 0) is 4.79 Å². The first-order valence-corrected chi connectivity index (χ1v) is 5.30. The second-order valence-corrected chi connectivity index (χ2v) is 4.12. The predicted octanol–water partition coefficient (Wildman–Crippen LogP) is 0.970. The molecule has 0 unspecified atom stereocenters. The molecule has 0 saturated carbocycles. The van der Waals surface area contributed by atoms with E-state index >= 15 is 0 Å². The minimum absolute atomic E-state index is 0.292. The first-order valence-electron chi connectivity index (χ1n) is 5.30. The lowest BCUT2D eigenvalue weighted by atomic mass is 10.1. The van der Waals surface area contributed by atoms with Gasteiger partial charge in [-0.15, -0.1) is 0 Å². The number of hydrogen-bond acceptors (Lipinski definition) is 3. The molecule has 0 aromatic heterocycles. The third kappa shape index (κ3) is 1.80. The number of nitrogens with zero attached hydrogens (tertiary/aromatic N) is 1. The van der Waals surface area contributed by atoms with Gasteiger partial charge in [-0.1, -0.05) is 26.0 Å². The number of hydrazine groups is 1. The molecule has 0 radical (unpaired) electrons. The van der Waals surface area contributed by atoms with E-state index in [1.54, 1.807) is 38.1 Å². The van der Waals surface area contributed by atoms with Gasteiger partial charge >= 0.3 is 0 Å². The van der Waals surface area contributed by atoms with Crippen LogP contribution in [0.15, 0.2) is 24.3 Å². The Morgan fingerprint density at radius 2 is 1.59 bits per heavy atom. The number of benzene rings is 1. The molecule has 1 aliphatic heterocycles. The Bertz CT molecular complexity index is 473. The van der Waals surface area contributed by atoms with Crippen LogP contribution in [0.4, 0.5) is 0 Å². The van der Waals surface area contributed by atoms with Crippen molar-refractivity contribution >= 4 is 17.7 Å². The molecule has 0 fully saturated rings. The molecule has 1 aromatic carbocycles. The van der Waals surface area contributed by atoms with E-state index in [0.29, 0.717) is 11.1 Å². The van der Waals surface area contributed by atoms with Crippen LogP contribution in [0.1, 0.15) is 34.6 Å². The molecule has 0 saturated heterocycles. The summed E-state index contributed by atoms with van der Waals surface area (Å²) in [5, 5.41) is 0.771. The number of fused-ring (bicyclic) bond motifs is 1. The molecule has 88 valence electrons. The van der Waals surface area contributed by atoms with Crippen molar-refractivity contribution in [3.8, 4) is 0 Å². The third-order valence-electron chi connectivity index (χ3n) is 2.54. The van der Waals surface area contributed by atoms with E-state index < -0.39 is 11.8 Å². The van der Waals surface area contributed by atoms with E-state index in [4.69, 9.17) is 0 Å². The molecule has 1 aliphatic rings. The monoisotopic (exact) mass is 232 g/mol. The largest absolute Gasteiger partial charge is 0.280 e. The van der Waals surface area contributed by atoms with Gasteiger partial charge in [0.25, 0.3) is 11.8 Å². The highest BCUT2D eigenvalue weighted by molar-refractivity contribution is 6.21. The fraction of sp³-hybridized carbons (Fsp3) is 0.250. The van der Waals surface area contributed by atoms with Crippen LogP contribution >= 0.6 is 0 Å². The third-order valence-corrected chi connectivity index (χ3v) is 2.54. The van der Waals surface area contributed by atoms with Crippen LogP contribution in [0.25, 0.3) is 0 Å². The molecule has 1 N–H and O–H groups in total. The molecule has 1 aromatic rings. The maximum absolute atomic E-state index is 11.9. The minimum Gasteiger partial charge on any atom is -0.273 e. The second kappa shape index (κ2) is 4.01. The highest BCUT2D eigenvalue weighted by Gasteiger charge is 2.36. The summed E-state index contributed by atoms with van der Waals surface area (Å²) in [7, 11) is 0. The molecule has 5 heteroatoms. The lowest BCUT2D eigenvalue weighted by Crippen LogP contribution is -2.47. The Morgan fingerprint density at radius 1 is 1.12 bits per heavy atom. The van der Waals surface area contributed by atoms with Crippen LogP contribution in [0.5, 0.6) is 0 Å². The Balaban J connectivity index is 2.28. The van der Waals surface area contributed by atoms with E-state index in [-0.39, 0.29) is 11.8 Å². The molecule has 5 nitrogen and oxygen atoms in total. The van der Waals surface area contributed by atoms with Gasteiger partial charge in [0.1, 0.15) is 0 Å². The zero-order valence-electron chi connectivity index (χ0n) is 9.56. The summed E-state index contributed by atoms with van der Waals surface area (Å²) in [5.74, 6) is -1.63. The summed E-state index contributed by atoms with van der Waals surface area (Å²) in [6.45, 7) is 3.38. The van der Waals surface area contributed by atoms with Crippen molar-refractivity contribution in [2.45, 2.75) is 13.8 Å². The predicted molar refractivity (Wildman–Crippen MR) is 59.9 cm³/mol. The SMILES string of the molecule is CC(C)C(=O)NN1C(=O)c2ccccc2C1=O. The Labute approximate surface area is 98.4 Å². The van der Waals surface area contributed by atoms with Crippen molar-refractivity contribution in [3.05, 3.63) is 35.4 Å². The van der Waals surface area contributed by atoms with Gasteiger partial charge in [0.2, 0.25) is 5.91 Å². The molecule has 0 bridgehead atoms. The zero-order chi connectivity index (χ0) is 12.6. The average molecular weight is 232 g/mol. The lowest BCUT2D eigenvalue weighted by Gasteiger charge is -2.16. The molecular weight excluding hydrogens is 220 g/mol. The normalized spacial score (nSPS) is 14.2. The number of carbonyl (C=O) groups is 3. The van der Waals surface area contributed by atoms with Gasteiger partial charge in [0, 0.05) is 5.92 Å². The van der Waals surface area contributed by atoms with Gasteiger partial charge in [-0.2, -0.15) is 5.01 Å². The van der Waals surface area contributed by atoms with Crippen molar-refractivity contribution in [2.75, 3.05) is 0 Å². The van der Waals surface area contributed by atoms with E-state index in [1.165, 1.54) is 0 Å². The summed E-state index contributed by atoms with van der Waals surface area (Å²) < 4.78 is 0. The maximum Gasteiger partial charge on any atom is 0.280 e. The number of hydrogen-bond donors (Lipinski definition) is 1. The summed E-state index contributed by atoms with van der Waals surface area (Å²) in [6.07, 6.45) is 0. The summed E-state index contributed by atoms with van der Waals surface area (Å²) in [4.78, 5) is 35.2. The quantitative estimate of drug-likeness (QED) is 0.772. The van der Waals surface area contributed by atoms with Crippen LogP contribution in [-0.4, -0.2) is 22.7 Å². The van der Waals surface area contributed by atoms with Crippen LogP contribution in [0.2, 0.25) is 0 Å². The summed E-state index contributed by atoms with van der Waals surface area (Å²) in [6, 6.07) is 6.49. The van der Waals surface area contributed by atoms with Crippen molar-refractivity contribution in [1.29, 1.82) is 0 Å². The summed E-state index contributed by atoms with van der Waals surface area (Å²) in [5.41, 5.74) is 2.96. The second-order valence-electron chi connectivity index (χ2n) is 4.12. The van der Waals surface area contributed by atoms with Gasteiger partial charge in [-0.05, 0) is 12.1 Å². The van der Waals surface area contributed by atoms with Crippen molar-refractivity contribution in [3.63, 3.8) is 0 Å². The number of amides is 3. The van der Waals surface area contributed by atoms with E-state index in [2.05, 4.69) is 5.43 Å². The highest BCUT2D eigenvalue weighted by atomic mass is 16.2. The Kier molecular flexibility index (Phi) is 2.67. The molecule has 0 atom stereocenters. The standard InChI is InChI=1S/C12H12N2O3/c1-7(2)10(15)13-14-11(16)8-5-3-4-6-9(8)12(14)17/h3-7H,1-2H3,(H,13,15). The number of imide groups is 1.